The van der Waals surface area contributed by atoms with Crippen molar-refractivity contribution < 1.29 is 14.7 Å². The molecule has 1 heterocycles. The van der Waals surface area contributed by atoms with Crippen LogP contribution in [0, 0.1) is 0 Å². The van der Waals surface area contributed by atoms with Gasteiger partial charge in [-0.05, 0) is 35.9 Å². The van der Waals surface area contributed by atoms with Gasteiger partial charge in [0.15, 0.2) is 0 Å². The van der Waals surface area contributed by atoms with E-state index in [1.807, 2.05) is 6.07 Å². The van der Waals surface area contributed by atoms with Crippen LogP contribution in [-0.2, 0) is 11.2 Å². The van der Waals surface area contributed by atoms with Gasteiger partial charge in [-0.2, -0.15) is 0 Å². The SMILES string of the molecule is O=C1Cc2cc(C(=O)Nc3cccc4c(O)cccc34)ccc2N1. The number of carbonyl (C=O) groups is 2. The number of benzene rings is 3. The molecule has 5 nitrogen and oxygen atoms in total. The number of amides is 2. The number of carbonyl (C=O) groups excluding carboxylic acids is 2. The summed E-state index contributed by atoms with van der Waals surface area (Å²) < 4.78 is 0. The molecular weight excluding hydrogens is 304 g/mol. The zero-order valence-electron chi connectivity index (χ0n) is 12.7. The molecule has 3 aromatic rings. The average molecular weight is 318 g/mol. The highest BCUT2D eigenvalue weighted by atomic mass is 16.3. The maximum atomic E-state index is 12.5. The van der Waals surface area contributed by atoms with Crippen LogP contribution in [0.15, 0.2) is 54.6 Å². The number of hydrogen-bond acceptors (Lipinski definition) is 3. The maximum absolute atomic E-state index is 12.5. The summed E-state index contributed by atoms with van der Waals surface area (Å²) in [4.78, 5) is 24.0. The fraction of sp³-hybridized carbons (Fsp3) is 0.0526. The van der Waals surface area contributed by atoms with Crippen LogP contribution in [0.4, 0.5) is 11.4 Å². The van der Waals surface area contributed by atoms with E-state index in [2.05, 4.69) is 10.6 Å². The smallest absolute Gasteiger partial charge is 0.255 e. The Hall–Kier alpha value is -3.34. The van der Waals surface area contributed by atoms with Gasteiger partial charge in [0.25, 0.3) is 5.91 Å². The van der Waals surface area contributed by atoms with Crippen LogP contribution in [-0.4, -0.2) is 16.9 Å². The van der Waals surface area contributed by atoms with E-state index in [1.54, 1.807) is 48.5 Å². The molecule has 1 aliphatic rings. The number of nitrogens with one attached hydrogen (secondary N) is 2. The third-order valence-electron chi connectivity index (χ3n) is 4.14. The lowest BCUT2D eigenvalue weighted by atomic mass is 10.1. The quantitative estimate of drug-likeness (QED) is 0.678. The number of fused-ring (bicyclic) bond motifs is 2. The first-order valence-corrected chi connectivity index (χ1v) is 7.57. The minimum absolute atomic E-state index is 0.0629. The molecule has 5 heteroatoms. The van der Waals surface area contributed by atoms with E-state index in [1.165, 1.54) is 0 Å². The minimum Gasteiger partial charge on any atom is -0.507 e. The number of hydrogen-bond donors (Lipinski definition) is 3. The molecular formula is C19H14N2O3. The molecule has 24 heavy (non-hydrogen) atoms. The summed E-state index contributed by atoms with van der Waals surface area (Å²) in [5.74, 6) is -0.147. The number of rotatable bonds is 2. The normalized spacial score (nSPS) is 12.8. The van der Waals surface area contributed by atoms with Gasteiger partial charge in [0, 0.05) is 27.7 Å². The van der Waals surface area contributed by atoms with Crippen molar-refractivity contribution in [3.8, 4) is 5.75 Å². The Morgan fingerprint density at radius 2 is 1.83 bits per heavy atom. The fourth-order valence-electron chi connectivity index (χ4n) is 2.97. The van der Waals surface area contributed by atoms with Crippen molar-refractivity contribution in [3.63, 3.8) is 0 Å². The molecule has 0 spiro atoms. The summed E-state index contributed by atoms with van der Waals surface area (Å²) in [7, 11) is 0. The van der Waals surface area contributed by atoms with Gasteiger partial charge >= 0.3 is 0 Å². The van der Waals surface area contributed by atoms with E-state index in [-0.39, 0.29) is 17.6 Å². The molecule has 3 aromatic carbocycles. The lowest BCUT2D eigenvalue weighted by Gasteiger charge is -2.10. The molecule has 0 aliphatic carbocycles. The largest absolute Gasteiger partial charge is 0.507 e. The molecule has 0 fully saturated rings. The van der Waals surface area contributed by atoms with Crippen molar-refractivity contribution in [2.45, 2.75) is 6.42 Å². The van der Waals surface area contributed by atoms with Crippen molar-refractivity contribution in [1.82, 2.24) is 0 Å². The molecule has 0 atom stereocenters. The number of aromatic hydroxyl groups is 1. The second kappa shape index (κ2) is 5.38. The van der Waals surface area contributed by atoms with Crippen molar-refractivity contribution in [2.24, 2.45) is 0 Å². The van der Waals surface area contributed by atoms with Crippen LogP contribution in [0.25, 0.3) is 10.8 Å². The highest BCUT2D eigenvalue weighted by molar-refractivity contribution is 6.10. The van der Waals surface area contributed by atoms with Gasteiger partial charge in [-0.15, -0.1) is 0 Å². The standard InChI is InChI=1S/C19H14N2O3/c22-17-6-2-3-13-14(17)4-1-5-16(13)21-19(24)11-7-8-15-12(9-11)10-18(23)20-15/h1-9,22H,10H2,(H,20,23)(H,21,24). The van der Waals surface area contributed by atoms with Gasteiger partial charge in [0.05, 0.1) is 6.42 Å². The van der Waals surface area contributed by atoms with Crippen LogP contribution in [0.5, 0.6) is 5.75 Å². The number of phenols is 1. The minimum atomic E-state index is -0.256. The van der Waals surface area contributed by atoms with Crippen LogP contribution < -0.4 is 10.6 Å². The molecule has 4 rings (SSSR count). The van der Waals surface area contributed by atoms with Crippen LogP contribution in [0.3, 0.4) is 0 Å². The summed E-state index contributed by atoms with van der Waals surface area (Å²) in [6.07, 6.45) is 0.290. The highest BCUT2D eigenvalue weighted by Crippen LogP contribution is 2.30. The first-order chi connectivity index (χ1) is 11.6. The molecule has 0 saturated heterocycles. The van der Waals surface area contributed by atoms with Crippen molar-refractivity contribution in [3.05, 3.63) is 65.7 Å². The zero-order valence-corrected chi connectivity index (χ0v) is 12.7. The Kier molecular flexibility index (Phi) is 3.20. The molecule has 0 saturated carbocycles. The van der Waals surface area contributed by atoms with Gasteiger partial charge in [-0.25, -0.2) is 0 Å². The van der Waals surface area contributed by atoms with Crippen molar-refractivity contribution in [2.75, 3.05) is 10.6 Å². The first kappa shape index (κ1) is 14.3. The topological polar surface area (TPSA) is 78.4 Å². The molecule has 0 radical (unpaired) electrons. The van der Waals surface area contributed by atoms with Crippen LogP contribution in [0.2, 0.25) is 0 Å². The fourth-order valence-corrected chi connectivity index (χ4v) is 2.97. The lowest BCUT2D eigenvalue weighted by molar-refractivity contribution is -0.115. The summed E-state index contributed by atoms with van der Waals surface area (Å²) in [5, 5.41) is 17.0. The predicted octanol–water partition coefficient (Wildman–Crippen LogP) is 3.29. The summed E-state index contributed by atoms with van der Waals surface area (Å²) in [5.41, 5.74) is 2.69. The second-order valence-electron chi connectivity index (χ2n) is 5.73. The average Bonchev–Trinajstić information content (AvgIpc) is 2.95. The van der Waals surface area contributed by atoms with Gasteiger partial charge in [-0.1, -0.05) is 24.3 Å². The monoisotopic (exact) mass is 318 g/mol. The Labute approximate surface area is 137 Å². The van der Waals surface area contributed by atoms with Gasteiger partial charge in [0.1, 0.15) is 5.75 Å². The maximum Gasteiger partial charge on any atom is 0.255 e. The van der Waals surface area contributed by atoms with Gasteiger partial charge in [-0.3, -0.25) is 9.59 Å². The zero-order chi connectivity index (χ0) is 16.7. The molecule has 2 amide bonds. The molecule has 0 aromatic heterocycles. The Morgan fingerprint density at radius 3 is 2.71 bits per heavy atom. The van der Waals surface area contributed by atoms with E-state index in [0.29, 0.717) is 23.1 Å². The predicted molar refractivity (Wildman–Crippen MR) is 92.3 cm³/mol. The van der Waals surface area contributed by atoms with Crippen LogP contribution >= 0.6 is 0 Å². The lowest BCUT2D eigenvalue weighted by Crippen LogP contribution is -2.12. The molecule has 0 unspecified atom stereocenters. The Bertz CT molecular complexity index is 995. The third-order valence-corrected chi connectivity index (χ3v) is 4.14. The number of phenolic OH excluding ortho intramolecular Hbond substituents is 1. The van der Waals surface area contributed by atoms with E-state index < -0.39 is 0 Å². The second-order valence-corrected chi connectivity index (χ2v) is 5.73. The van der Waals surface area contributed by atoms with Crippen LogP contribution in [0.1, 0.15) is 15.9 Å². The summed E-state index contributed by atoms with van der Waals surface area (Å²) >= 11 is 0. The molecule has 3 N–H and O–H groups in total. The number of anilines is 2. The van der Waals surface area contributed by atoms with E-state index in [0.717, 1.165) is 16.6 Å². The van der Waals surface area contributed by atoms with E-state index in [4.69, 9.17) is 0 Å². The van der Waals surface area contributed by atoms with Gasteiger partial charge in [0.2, 0.25) is 5.91 Å². The third kappa shape index (κ3) is 2.36. The molecule has 1 aliphatic heterocycles. The highest BCUT2D eigenvalue weighted by Gasteiger charge is 2.19. The van der Waals surface area contributed by atoms with Gasteiger partial charge < -0.3 is 15.7 Å². The summed E-state index contributed by atoms with van der Waals surface area (Å²) in [6, 6.07) is 15.7. The van der Waals surface area contributed by atoms with Crippen molar-refractivity contribution >= 4 is 34.0 Å². The first-order valence-electron chi connectivity index (χ1n) is 7.57. The van der Waals surface area contributed by atoms with E-state index in [9.17, 15) is 14.7 Å². The molecule has 118 valence electrons. The Morgan fingerprint density at radius 1 is 1.04 bits per heavy atom. The summed E-state index contributed by atoms with van der Waals surface area (Å²) in [6.45, 7) is 0. The van der Waals surface area contributed by atoms with Crippen molar-refractivity contribution in [1.29, 1.82) is 0 Å². The Balaban J connectivity index is 1.67. The van der Waals surface area contributed by atoms with E-state index >= 15 is 0 Å². The molecule has 0 bridgehead atoms.